The van der Waals surface area contributed by atoms with Gasteiger partial charge in [-0.05, 0) is 71.8 Å². The molecule has 0 radical (unpaired) electrons. The van der Waals surface area contributed by atoms with Crippen molar-refractivity contribution in [3.8, 4) is 10.4 Å². The molecule has 0 aliphatic rings. The van der Waals surface area contributed by atoms with Gasteiger partial charge in [0.25, 0.3) is 21.5 Å². The van der Waals surface area contributed by atoms with E-state index < -0.39 is 33.1 Å². The number of pyridine rings is 1. The predicted molar refractivity (Wildman–Crippen MR) is 159 cm³/mol. The van der Waals surface area contributed by atoms with Gasteiger partial charge in [-0.15, -0.1) is 11.3 Å². The molecular formula is C31H22F2N4O4S2. The van der Waals surface area contributed by atoms with Gasteiger partial charge >= 0.3 is 0 Å². The third kappa shape index (κ3) is 5.62. The number of nitrogens with zero attached hydrogens (tertiary/aromatic N) is 3. The number of thiophene rings is 1. The van der Waals surface area contributed by atoms with Gasteiger partial charge in [-0.3, -0.25) is 9.59 Å². The monoisotopic (exact) mass is 616 g/mol. The van der Waals surface area contributed by atoms with Crippen LogP contribution in [0.4, 0.5) is 8.78 Å². The van der Waals surface area contributed by atoms with Gasteiger partial charge in [0.05, 0.1) is 29.7 Å². The van der Waals surface area contributed by atoms with E-state index in [1.54, 1.807) is 30.3 Å². The van der Waals surface area contributed by atoms with Crippen molar-refractivity contribution in [2.24, 2.45) is 0 Å². The predicted octanol–water partition coefficient (Wildman–Crippen LogP) is 5.42. The van der Waals surface area contributed by atoms with Crippen LogP contribution in [0.2, 0.25) is 0 Å². The summed E-state index contributed by atoms with van der Waals surface area (Å²) in [6.07, 6.45) is 2.98. The minimum Gasteiger partial charge on any atom is -0.347 e. The average Bonchev–Trinajstić information content (AvgIpc) is 3.67. The Hall–Kier alpha value is -4.94. The summed E-state index contributed by atoms with van der Waals surface area (Å²) < 4.78 is 55.2. The normalized spacial score (nSPS) is 11.6. The van der Waals surface area contributed by atoms with Gasteiger partial charge in [0.1, 0.15) is 5.56 Å². The van der Waals surface area contributed by atoms with E-state index in [4.69, 9.17) is 0 Å². The first-order valence-electron chi connectivity index (χ1n) is 13.0. The maximum atomic E-state index is 13.6. The molecule has 3 heterocycles. The van der Waals surface area contributed by atoms with Gasteiger partial charge in [-0.2, -0.15) is 17.6 Å². The highest BCUT2D eigenvalue weighted by atomic mass is 32.2. The molecule has 0 unspecified atom stereocenters. The van der Waals surface area contributed by atoms with E-state index >= 15 is 0 Å². The summed E-state index contributed by atoms with van der Waals surface area (Å²) in [6, 6.07) is 23.6. The molecular weight excluding hydrogens is 594 g/mol. The fraction of sp³-hybridized carbons (Fsp3) is 0.0645. The number of hydrogen-bond donors (Lipinski definition) is 1. The fourth-order valence-corrected chi connectivity index (χ4v) is 6.85. The van der Waals surface area contributed by atoms with Gasteiger partial charge in [-0.25, -0.2) is 8.78 Å². The summed E-state index contributed by atoms with van der Waals surface area (Å²) in [6.45, 7) is 0.156. The van der Waals surface area contributed by atoms with Crippen molar-refractivity contribution < 1.29 is 22.0 Å². The lowest BCUT2D eigenvalue weighted by Crippen LogP contribution is -2.32. The number of carbonyl (C=O) groups excluding carboxylic acids is 1. The van der Waals surface area contributed by atoms with Crippen LogP contribution in [0.15, 0.2) is 113 Å². The molecule has 0 bridgehead atoms. The molecule has 12 heteroatoms. The van der Waals surface area contributed by atoms with Crippen LogP contribution in [0, 0.1) is 11.6 Å². The number of fused-ring (bicyclic) bond motifs is 1. The van der Waals surface area contributed by atoms with Gasteiger partial charge in [0.15, 0.2) is 11.6 Å². The molecule has 0 aliphatic carbocycles. The van der Waals surface area contributed by atoms with Crippen molar-refractivity contribution in [2.45, 2.75) is 18.0 Å². The molecule has 43 heavy (non-hydrogen) atoms. The molecule has 1 amide bonds. The number of hydrogen-bond acceptors (Lipinski definition) is 6. The molecule has 0 saturated heterocycles. The topological polar surface area (TPSA) is 103 Å². The summed E-state index contributed by atoms with van der Waals surface area (Å²) in [7, 11) is -3.84. The zero-order chi connectivity index (χ0) is 30.1. The highest BCUT2D eigenvalue weighted by Gasteiger charge is 2.20. The van der Waals surface area contributed by atoms with Gasteiger partial charge in [-0.1, -0.05) is 30.3 Å². The van der Waals surface area contributed by atoms with Crippen molar-refractivity contribution in [1.29, 1.82) is 0 Å². The number of nitrogens with one attached hydrogen (secondary N) is 1. The molecule has 6 aromatic rings. The lowest BCUT2D eigenvalue weighted by molar-refractivity contribution is 0.0949. The van der Waals surface area contributed by atoms with Crippen molar-refractivity contribution in [2.75, 3.05) is 0 Å². The van der Waals surface area contributed by atoms with E-state index in [1.165, 1.54) is 52.6 Å². The zero-order valence-electron chi connectivity index (χ0n) is 22.3. The summed E-state index contributed by atoms with van der Waals surface area (Å²) in [5, 5.41) is 7.55. The van der Waals surface area contributed by atoms with E-state index in [2.05, 4.69) is 10.4 Å². The summed E-state index contributed by atoms with van der Waals surface area (Å²) in [4.78, 5) is 27.7. The van der Waals surface area contributed by atoms with Crippen LogP contribution in [0.5, 0.6) is 0 Å². The summed E-state index contributed by atoms with van der Waals surface area (Å²) in [5.41, 5.74) is 1.06. The molecule has 0 aliphatic heterocycles. The zero-order valence-corrected chi connectivity index (χ0v) is 23.9. The molecule has 8 nitrogen and oxygen atoms in total. The Bertz CT molecular complexity index is 2160. The second-order valence-electron chi connectivity index (χ2n) is 9.63. The molecule has 216 valence electrons. The van der Waals surface area contributed by atoms with Crippen LogP contribution in [-0.2, 0) is 23.1 Å². The van der Waals surface area contributed by atoms with Crippen LogP contribution in [0.25, 0.3) is 21.3 Å². The maximum Gasteiger partial charge on any atom is 0.283 e. The van der Waals surface area contributed by atoms with Crippen LogP contribution >= 0.6 is 11.3 Å². The van der Waals surface area contributed by atoms with Gasteiger partial charge < -0.3 is 9.88 Å². The Morgan fingerprint density at radius 1 is 0.907 bits per heavy atom. The molecule has 1 N–H and O–H groups in total. The third-order valence-corrected chi connectivity index (χ3v) is 9.52. The first kappa shape index (κ1) is 28.2. The standard InChI is InChI=1S/C31H22F2N4O4S2/c32-26-11-8-20(15-27(26)33)19-36-14-4-7-25(31(36)39)30(38)34-18-23-10-13-29(42-23)21-9-12-28-22(16-21)17-35-37(28)43(40,41)24-5-2-1-3-6-24/h1-17H,18-19H2,(H,34,38). The maximum absolute atomic E-state index is 13.6. The van der Waals surface area contributed by atoms with E-state index in [1.807, 2.05) is 24.3 Å². The first-order valence-corrected chi connectivity index (χ1v) is 15.3. The Kier molecular flexibility index (Phi) is 7.46. The minimum atomic E-state index is -3.84. The molecule has 0 spiro atoms. The molecule has 0 fully saturated rings. The highest BCUT2D eigenvalue weighted by molar-refractivity contribution is 7.90. The third-order valence-electron chi connectivity index (χ3n) is 6.78. The lowest BCUT2D eigenvalue weighted by Gasteiger charge is -2.09. The van der Waals surface area contributed by atoms with Crippen molar-refractivity contribution in [3.05, 3.63) is 141 Å². The van der Waals surface area contributed by atoms with Crippen molar-refractivity contribution in [3.63, 3.8) is 0 Å². The number of halogens is 2. The number of aromatic nitrogens is 3. The smallest absolute Gasteiger partial charge is 0.283 e. The SMILES string of the molecule is O=C(NCc1ccc(-c2ccc3c(cnn3S(=O)(=O)c3ccccc3)c2)s1)c1cccn(Cc2ccc(F)c(F)c2)c1=O. The average molecular weight is 617 g/mol. The Labute approximate surface area is 248 Å². The largest absolute Gasteiger partial charge is 0.347 e. The molecule has 3 aromatic carbocycles. The van der Waals surface area contributed by atoms with E-state index in [-0.39, 0.29) is 23.5 Å². The molecule has 3 aromatic heterocycles. The fourth-order valence-electron chi connectivity index (χ4n) is 4.61. The number of rotatable bonds is 8. The molecule has 6 rings (SSSR count). The lowest BCUT2D eigenvalue weighted by atomic mass is 10.1. The number of benzene rings is 3. The van der Waals surface area contributed by atoms with Crippen molar-refractivity contribution >= 4 is 38.2 Å². The minimum absolute atomic E-state index is 0.0210. The van der Waals surface area contributed by atoms with Crippen LogP contribution in [0.3, 0.4) is 0 Å². The second-order valence-corrected chi connectivity index (χ2v) is 12.6. The summed E-state index contributed by atoms with van der Waals surface area (Å²) in [5.74, 6) is -2.55. The number of amides is 1. The van der Waals surface area contributed by atoms with E-state index in [0.717, 1.165) is 31.5 Å². The highest BCUT2D eigenvalue weighted by Crippen LogP contribution is 2.31. The van der Waals surface area contributed by atoms with Crippen LogP contribution < -0.4 is 10.9 Å². The number of carbonyl (C=O) groups is 1. The Morgan fingerprint density at radius 2 is 1.72 bits per heavy atom. The van der Waals surface area contributed by atoms with Gasteiger partial charge in [0.2, 0.25) is 0 Å². The second kappa shape index (κ2) is 11.4. The van der Waals surface area contributed by atoms with Crippen molar-refractivity contribution in [1.82, 2.24) is 19.1 Å². The van der Waals surface area contributed by atoms with E-state index in [9.17, 15) is 26.8 Å². The molecule has 0 atom stereocenters. The first-order chi connectivity index (χ1) is 20.7. The Balaban J connectivity index is 1.15. The summed E-state index contributed by atoms with van der Waals surface area (Å²) >= 11 is 1.44. The Morgan fingerprint density at radius 3 is 2.51 bits per heavy atom. The van der Waals surface area contributed by atoms with Crippen LogP contribution in [0.1, 0.15) is 20.8 Å². The van der Waals surface area contributed by atoms with E-state index in [0.29, 0.717) is 16.5 Å². The van der Waals surface area contributed by atoms with Crippen LogP contribution in [-0.4, -0.2) is 28.1 Å². The quantitative estimate of drug-likeness (QED) is 0.246. The van der Waals surface area contributed by atoms with Gasteiger partial charge in [0, 0.05) is 21.3 Å². The molecule has 0 saturated carbocycles.